The molecule has 0 aromatic carbocycles. The fourth-order valence-electron chi connectivity index (χ4n) is 0. The molecule has 0 rings (SSSR count). The summed E-state index contributed by atoms with van der Waals surface area (Å²) in [4.78, 5) is 0. The fourth-order valence-corrected chi connectivity index (χ4v) is 0. The molecule has 0 amide bonds. The zero-order valence-electron chi connectivity index (χ0n) is 2.14. The van der Waals surface area contributed by atoms with Gasteiger partial charge < -0.3 is 0 Å². The molecule has 0 aromatic rings. The average Bonchev–Trinajstić information content (AvgIpc) is 1.39. The van der Waals surface area contributed by atoms with Crippen molar-refractivity contribution in [2.75, 3.05) is 0 Å². The third-order valence-electron chi connectivity index (χ3n) is 0. The molecule has 0 radical (unpaired) electrons. The van der Waals surface area contributed by atoms with Crippen molar-refractivity contribution in [2.45, 2.75) is 0 Å². The van der Waals surface area contributed by atoms with Crippen LogP contribution >= 0.6 is 58.1 Å². The maximum atomic E-state index is 4.81. The Morgan fingerprint density at radius 1 is 1.17 bits per heavy atom. The van der Waals surface area contributed by atoms with E-state index in [0.717, 1.165) is 10.8 Å². The standard InChI is InChI=1S/2ClH.2HI.2Pd/h4*1H;;/q;;;;2*+2/p-4. The molecule has 48 valence electrons. The van der Waals surface area contributed by atoms with E-state index in [1.807, 2.05) is 0 Å². The molecule has 0 aromatic heterocycles. The van der Waals surface area contributed by atoms with E-state index in [1.165, 1.54) is 0 Å². The first-order valence-corrected chi connectivity index (χ1v) is 13.7. The van der Waals surface area contributed by atoms with Crippen LogP contribution in [0.15, 0.2) is 0 Å². The van der Waals surface area contributed by atoms with E-state index in [0.29, 0.717) is 0 Å². The minimum atomic E-state index is -0.106. The van der Waals surface area contributed by atoms with E-state index >= 15 is 0 Å². The second-order valence-electron chi connectivity index (χ2n) is 0.0904. The van der Waals surface area contributed by atoms with Crippen LogP contribution in [-0.2, 0) is 26.7 Å². The summed E-state index contributed by atoms with van der Waals surface area (Å²) in [6.45, 7) is 0. The Morgan fingerprint density at radius 3 is 1.17 bits per heavy atom. The second-order valence-corrected chi connectivity index (χ2v) is 14.4. The van der Waals surface area contributed by atoms with Crippen molar-refractivity contribution in [3.63, 3.8) is 0 Å². The van der Waals surface area contributed by atoms with E-state index in [9.17, 15) is 0 Å². The van der Waals surface area contributed by atoms with Crippen LogP contribution in [-0.4, -0.2) is 0 Å². The van der Waals surface area contributed by atoms with Crippen LogP contribution in [0.1, 0.15) is 0 Å². The predicted octanol–water partition coefficient (Wildman–Crippen LogP) is 3.15. The van der Waals surface area contributed by atoms with Crippen molar-refractivity contribution in [3.8, 4) is 0 Å². The molecule has 0 saturated heterocycles. The first-order chi connectivity index (χ1) is 2.83. The van der Waals surface area contributed by atoms with Gasteiger partial charge in [-0.15, -0.1) is 0 Å². The van der Waals surface area contributed by atoms with E-state index in [4.69, 9.17) is 19.1 Å². The Labute approximate surface area is 82.7 Å². The summed E-state index contributed by atoms with van der Waals surface area (Å²) in [6, 6.07) is 0. The van der Waals surface area contributed by atoms with Gasteiger partial charge >= 0.3 is 84.8 Å². The van der Waals surface area contributed by atoms with Gasteiger partial charge in [0.15, 0.2) is 0 Å². The topological polar surface area (TPSA) is 0 Å². The van der Waals surface area contributed by atoms with Gasteiger partial charge in [0.25, 0.3) is 0 Å². The SMILES string of the molecule is [Cl][Pd][Cl].[I][Pd][I]. The fraction of sp³-hybridized carbons (Fsp3) is 0. The Hall–Kier alpha value is 3.36. The second kappa shape index (κ2) is 15.8. The molecule has 0 atom stereocenters. The molecule has 0 bridgehead atoms. The maximum absolute atomic E-state index is 4.81. The Kier molecular flexibility index (Phi) is 31.7. The summed E-state index contributed by atoms with van der Waals surface area (Å²) in [6.07, 6.45) is 0. The summed E-state index contributed by atoms with van der Waals surface area (Å²) in [7, 11) is 10.5. The van der Waals surface area contributed by atoms with Crippen LogP contribution < -0.4 is 0 Å². The molecule has 0 spiro atoms. The van der Waals surface area contributed by atoms with Crippen LogP contribution in [0.25, 0.3) is 0 Å². The van der Waals surface area contributed by atoms with Crippen molar-refractivity contribution in [3.05, 3.63) is 0 Å². The third kappa shape index (κ3) is 26.4. The molecule has 0 aliphatic carbocycles. The molecule has 0 aliphatic rings. The molecule has 6 heavy (non-hydrogen) atoms. The predicted molar refractivity (Wildman–Crippen MR) is 39.7 cm³/mol. The van der Waals surface area contributed by atoms with Gasteiger partial charge in [0.05, 0.1) is 0 Å². The summed E-state index contributed by atoms with van der Waals surface area (Å²) >= 11 is 4.54. The normalized spacial score (nSPS) is 7.33. The van der Waals surface area contributed by atoms with Gasteiger partial charge in [-0.05, 0) is 0 Å². The minimum absolute atomic E-state index is 0.106. The van der Waals surface area contributed by atoms with Gasteiger partial charge in [0.1, 0.15) is 0 Å². The first-order valence-electron chi connectivity index (χ1n) is 0.478. The van der Waals surface area contributed by atoms with Gasteiger partial charge in [0.2, 0.25) is 0 Å². The van der Waals surface area contributed by atoms with Crippen molar-refractivity contribution in [1.82, 2.24) is 0 Å². The summed E-state index contributed by atoms with van der Waals surface area (Å²) in [5.74, 6) is 0. The summed E-state index contributed by atoms with van der Waals surface area (Å²) in [5.41, 5.74) is 0. The Balaban J connectivity index is 0. The molecule has 0 fully saturated rings. The number of hydrogen-bond donors (Lipinski definition) is 0. The molecule has 0 N–H and O–H groups in total. The van der Waals surface area contributed by atoms with Gasteiger partial charge in [-0.3, -0.25) is 0 Å². The molecular weight excluding hydrogens is 538 g/mol. The van der Waals surface area contributed by atoms with Crippen molar-refractivity contribution in [1.29, 1.82) is 0 Å². The van der Waals surface area contributed by atoms with Crippen LogP contribution in [0.5, 0.6) is 0 Å². The molecule has 0 heterocycles. The van der Waals surface area contributed by atoms with E-state index in [2.05, 4.69) is 39.0 Å². The van der Waals surface area contributed by atoms with Crippen LogP contribution in [0.3, 0.4) is 0 Å². The molecule has 0 nitrogen and oxygen atoms in total. The zero-order valence-corrected chi connectivity index (χ0v) is 11.1. The van der Waals surface area contributed by atoms with E-state index < -0.39 is 0 Å². The van der Waals surface area contributed by atoms with Crippen LogP contribution in [0.2, 0.25) is 0 Å². The van der Waals surface area contributed by atoms with Crippen molar-refractivity contribution >= 4 is 58.1 Å². The van der Waals surface area contributed by atoms with Crippen LogP contribution in [0, 0.1) is 0 Å². The summed E-state index contributed by atoms with van der Waals surface area (Å²) in [5, 5.41) is 0. The molecule has 0 aliphatic heterocycles. The van der Waals surface area contributed by atoms with Gasteiger partial charge in [0, 0.05) is 0 Å². The molecular formula is Cl2I2Pd2. The third-order valence-corrected chi connectivity index (χ3v) is 0. The average molecular weight is 538 g/mol. The molecule has 0 saturated carbocycles. The molecule has 6 heteroatoms. The van der Waals surface area contributed by atoms with Gasteiger partial charge in [-0.25, -0.2) is 0 Å². The number of halogens is 4. The number of hydrogen-bond acceptors (Lipinski definition) is 0. The van der Waals surface area contributed by atoms with E-state index in [-0.39, 0.29) is 15.9 Å². The quantitative estimate of drug-likeness (QED) is 0.329. The zero-order chi connectivity index (χ0) is 5.41. The van der Waals surface area contributed by atoms with Gasteiger partial charge in [-0.1, -0.05) is 0 Å². The van der Waals surface area contributed by atoms with Crippen LogP contribution in [0.4, 0.5) is 0 Å². The summed E-state index contributed by atoms with van der Waals surface area (Å²) < 4.78 is 0. The van der Waals surface area contributed by atoms with Gasteiger partial charge in [-0.2, -0.15) is 0 Å². The van der Waals surface area contributed by atoms with Crippen molar-refractivity contribution < 1.29 is 26.7 Å². The monoisotopic (exact) mass is 536 g/mol. The Morgan fingerprint density at radius 2 is 1.17 bits per heavy atom. The number of rotatable bonds is 0. The van der Waals surface area contributed by atoms with Crippen molar-refractivity contribution in [2.24, 2.45) is 0 Å². The Bertz CT molecular complexity index is 11.5. The molecule has 0 unspecified atom stereocenters. The first kappa shape index (κ1) is 12.1. The van der Waals surface area contributed by atoms with E-state index in [1.54, 1.807) is 0 Å².